The Bertz CT molecular complexity index is 673. The molecular weight excluding hydrogens is 338 g/mol. The summed E-state index contributed by atoms with van der Waals surface area (Å²) in [5, 5.41) is 0. The van der Waals surface area contributed by atoms with Crippen molar-refractivity contribution in [2.24, 2.45) is 0 Å². The summed E-state index contributed by atoms with van der Waals surface area (Å²) < 4.78 is 3.64. The molecule has 2 rings (SSSR count). The van der Waals surface area contributed by atoms with Crippen LogP contribution in [0.3, 0.4) is 0 Å². The van der Waals surface area contributed by atoms with Crippen molar-refractivity contribution in [3.8, 4) is 0 Å². The summed E-state index contributed by atoms with van der Waals surface area (Å²) in [6.07, 6.45) is 0.468. The van der Waals surface area contributed by atoms with E-state index < -0.39 is 0 Å². The lowest BCUT2D eigenvalue weighted by Gasteiger charge is -2.18. The molecule has 0 radical (unpaired) electrons. The van der Waals surface area contributed by atoms with Crippen molar-refractivity contribution in [2.75, 3.05) is 13.1 Å². The largest absolute Gasteiger partial charge is 0.343 e. The van der Waals surface area contributed by atoms with Crippen molar-refractivity contribution in [1.29, 1.82) is 0 Å². The SMILES string of the molecule is CCN(CC)C(=O)CCn1c(=S)[nH]c2ccc(Br)cc21. The van der Waals surface area contributed by atoms with Gasteiger partial charge in [0.1, 0.15) is 0 Å². The molecule has 20 heavy (non-hydrogen) atoms. The Hall–Kier alpha value is -1.14. The minimum absolute atomic E-state index is 0.168. The van der Waals surface area contributed by atoms with Crippen LogP contribution in [-0.4, -0.2) is 33.4 Å². The van der Waals surface area contributed by atoms with Crippen molar-refractivity contribution < 1.29 is 4.79 Å². The third-order valence-electron chi connectivity index (χ3n) is 3.40. The Morgan fingerprint density at radius 2 is 2.10 bits per heavy atom. The Morgan fingerprint density at radius 1 is 1.40 bits per heavy atom. The Morgan fingerprint density at radius 3 is 2.75 bits per heavy atom. The number of imidazole rings is 1. The van der Waals surface area contributed by atoms with Crippen LogP contribution in [0.5, 0.6) is 0 Å². The lowest BCUT2D eigenvalue weighted by Crippen LogP contribution is -2.31. The Kier molecular flexibility index (Phi) is 4.99. The summed E-state index contributed by atoms with van der Waals surface area (Å²) >= 11 is 8.80. The normalized spacial score (nSPS) is 10.9. The molecule has 0 bridgehead atoms. The van der Waals surface area contributed by atoms with Gasteiger partial charge in [0.05, 0.1) is 11.0 Å². The van der Waals surface area contributed by atoms with Crippen LogP contribution in [0.1, 0.15) is 20.3 Å². The van der Waals surface area contributed by atoms with Crippen molar-refractivity contribution >= 4 is 45.1 Å². The summed E-state index contributed by atoms with van der Waals surface area (Å²) in [7, 11) is 0. The lowest BCUT2D eigenvalue weighted by atomic mass is 10.3. The van der Waals surface area contributed by atoms with Crippen LogP contribution in [0.2, 0.25) is 0 Å². The first-order valence-electron chi connectivity index (χ1n) is 6.72. The number of H-pyrrole nitrogens is 1. The number of hydrogen-bond donors (Lipinski definition) is 1. The monoisotopic (exact) mass is 355 g/mol. The van der Waals surface area contributed by atoms with Gasteiger partial charge in [-0.15, -0.1) is 0 Å². The molecule has 2 aromatic rings. The van der Waals surface area contributed by atoms with E-state index in [1.807, 2.05) is 41.5 Å². The maximum absolute atomic E-state index is 12.1. The predicted molar refractivity (Wildman–Crippen MR) is 87.4 cm³/mol. The smallest absolute Gasteiger partial charge is 0.224 e. The Balaban J connectivity index is 2.22. The topological polar surface area (TPSA) is 41.0 Å². The average molecular weight is 356 g/mol. The molecule has 1 aromatic heterocycles. The van der Waals surface area contributed by atoms with Gasteiger partial charge in [0.2, 0.25) is 5.91 Å². The number of nitrogens with one attached hydrogen (secondary N) is 1. The predicted octanol–water partition coefficient (Wildman–Crippen LogP) is 3.72. The summed E-state index contributed by atoms with van der Waals surface area (Å²) in [5.74, 6) is 0.168. The van der Waals surface area contributed by atoms with E-state index in [1.54, 1.807) is 0 Å². The number of benzene rings is 1. The second-order valence-corrected chi connectivity index (χ2v) is 5.86. The van der Waals surface area contributed by atoms with Gasteiger partial charge in [-0.1, -0.05) is 15.9 Å². The maximum atomic E-state index is 12.1. The summed E-state index contributed by atoms with van der Waals surface area (Å²) in [4.78, 5) is 17.1. The fourth-order valence-electron chi connectivity index (χ4n) is 2.29. The van der Waals surface area contributed by atoms with Crippen LogP contribution in [0.4, 0.5) is 0 Å². The van der Waals surface area contributed by atoms with Gasteiger partial charge in [-0.3, -0.25) is 4.79 Å². The molecule has 0 saturated heterocycles. The highest BCUT2D eigenvalue weighted by molar-refractivity contribution is 9.10. The van der Waals surface area contributed by atoms with E-state index in [0.29, 0.717) is 17.7 Å². The molecule has 1 amide bonds. The molecule has 0 saturated carbocycles. The third-order valence-corrected chi connectivity index (χ3v) is 4.22. The molecule has 4 nitrogen and oxygen atoms in total. The maximum Gasteiger partial charge on any atom is 0.224 e. The second-order valence-electron chi connectivity index (χ2n) is 4.56. The zero-order chi connectivity index (χ0) is 14.7. The summed E-state index contributed by atoms with van der Waals surface area (Å²) in [6, 6.07) is 5.97. The fourth-order valence-corrected chi connectivity index (χ4v) is 2.94. The summed E-state index contributed by atoms with van der Waals surface area (Å²) in [6.45, 7) is 6.09. The Labute approximate surface area is 131 Å². The molecule has 1 N–H and O–H groups in total. The molecule has 1 heterocycles. The fraction of sp³-hybridized carbons (Fsp3) is 0.429. The van der Waals surface area contributed by atoms with E-state index in [1.165, 1.54) is 0 Å². The highest BCUT2D eigenvalue weighted by atomic mass is 79.9. The van der Waals surface area contributed by atoms with Gasteiger partial charge in [-0.05, 0) is 44.3 Å². The van der Waals surface area contributed by atoms with Crippen molar-refractivity contribution in [2.45, 2.75) is 26.8 Å². The highest BCUT2D eigenvalue weighted by Gasteiger charge is 2.11. The molecular formula is C14H18BrN3OS. The number of rotatable bonds is 5. The van der Waals surface area contributed by atoms with Crippen LogP contribution >= 0.6 is 28.1 Å². The number of aromatic amines is 1. The van der Waals surface area contributed by atoms with Gasteiger partial charge >= 0.3 is 0 Å². The number of carbonyl (C=O) groups excluding carboxylic acids is 1. The quantitative estimate of drug-likeness (QED) is 0.830. The number of aromatic nitrogens is 2. The molecule has 0 unspecified atom stereocenters. The first kappa shape index (κ1) is 15.3. The molecule has 0 aliphatic heterocycles. The molecule has 6 heteroatoms. The van der Waals surface area contributed by atoms with Gasteiger partial charge in [0, 0.05) is 30.5 Å². The van der Waals surface area contributed by atoms with Crippen LogP contribution in [0.25, 0.3) is 11.0 Å². The van der Waals surface area contributed by atoms with Crippen LogP contribution < -0.4 is 0 Å². The average Bonchev–Trinajstić information content (AvgIpc) is 2.73. The van der Waals surface area contributed by atoms with E-state index in [4.69, 9.17) is 12.2 Å². The number of halogens is 1. The number of nitrogens with zero attached hydrogens (tertiary/aromatic N) is 2. The zero-order valence-electron chi connectivity index (χ0n) is 11.6. The molecule has 0 aliphatic carbocycles. The van der Waals surface area contributed by atoms with Gasteiger partial charge in [0.15, 0.2) is 4.77 Å². The van der Waals surface area contributed by atoms with Crippen LogP contribution in [0, 0.1) is 4.77 Å². The number of carbonyl (C=O) groups is 1. The highest BCUT2D eigenvalue weighted by Crippen LogP contribution is 2.20. The standard InChI is InChI=1S/C14H18BrN3OS/c1-3-17(4-2)13(19)7-8-18-12-9-10(15)5-6-11(12)16-14(18)20/h5-6,9H,3-4,7-8H2,1-2H3,(H,16,20). The molecule has 0 atom stereocenters. The minimum Gasteiger partial charge on any atom is -0.343 e. The molecule has 0 aliphatic rings. The molecule has 0 fully saturated rings. The van der Waals surface area contributed by atoms with E-state index in [-0.39, 0.29) is 5.91 Å². The number of fused-ring (bicyclic) bond motifs is 1. The van der Waals surface area contributed by atoms with E-state index in [9.17, 15) is 4.79 Å². The van der Waals surface area contributed by atoms with Crippen LogP contribution in [-0.2, 0) is 11.3 Å². The van der Waals surface area contributed by atoms with Gasteiger partial charge in [-0.2, -0.15) is 0 Å². The first-order chi connectivity index (χ1) is 9.56. The number of hydrogen-bond acceptors (Lipinski definition) is 2. The van der Waals surface area contributed by atoms with Crippen molar-refractivity contribution in [3.05, 3.63) is 27.4 Å². The first-order valence-corrected chi connectivity index (χ1v) is 7.92. The van der Waals surface area contributed by atoms with Gasteiger partial charge < -0.3 is 14.5 Å². The molecule has 0 spiro atoms. The molecule has 108 valence electrons. The van der Waals surface area contributed by atoms with Gasteiger partial charge in [0.25, 0.3) is 0 Å². The van der Waals surface area contributed by atoms with Gasteiger partial charge in [-0.25, -0.2) is 0 Å². The second kappa shape index (κ2) is 6.54. The molecule has 1 aromatic carbocycles. The van der Waals surface area contributed by atoms with Crippen molar-refractivity contribution in [3.63, 3.8) is 0 Å². The van der Waals surface area contributed by atoms with Crippen molar-refractivity contribution in [1.82, 2.24) is 14.5 Å². The van der Waals surface area contributed by atoms with Crippen LogP contribution in [0.15, 0.2) is 22.7 Å². The van der Waals surface area contributed by atoms with E-state index in [0.717, 1.165) is 28.6 Å². The van der Waals surface area contributed by atoms with E-state index >= 15 is 0 Å². The zero-order valence-corrected chi connectivity index (χ0v) is 14.1. The third kappa shape index (κ3) is 3.12. The summed E-state index contributed by atoms with van der Waals surface area (Å²) in [5.41, 5.74) is 2.02. The minimum atomic E-state index is 0.168. The number of aryl methyl sites for hydroxylation is 1. The number of amides is 1. The lowest BCUT2D eigenvalue weighted by molar-refractivity contribution is -0.131. The van der Waals surface area contributed by atoms with E-state index in [2.05, 4.69) is 20.9 Å².